The quantitative estimate of drug-likeness (QED) is 0.514. The third-order valence-electron chi connectivity index (χ3n) is 4.41. The molecule has 0 bridgehead atoms. The number of carbonyl (C=O) groups is 1. The summed E-state index contributed by atoms with van der Waals surface area (Å²) in [5.74, 6) is -0.538. The number of halogens is 1. The van der Waals surface area contributed by atoms with Gasteiger partial charge >= 0.3 is 5.97 Å². The lowest BCUT2D eigenvalue weighted by Crippen LogP contribution is -2.12. The van der Waals surface area contributed by atoms with Crippen molar-refractivity contribution < 1.29 is 19.0 Å². The summed E-state index contributed by atoms with van der Waals surface area (Å²) < 4.78 is 19.7. The lowest BCUT2D eigenvalue weighted by molar-refractivity contribution is 0.0701. The highest BCUT2D eigenvalue weighted by Crippen LogP contribution is 2.36. The number of carboxylic acids is 1. The topological polar surface area (TPSA) is 84.3 Å². The van der Waals surface area contributed by atoms with E-state index in [0.717, 1.165) is 30.6 Å². The van der Waals surface area contributed by atoms with E-state index < -0.39 is 11.8 Å². The zero-order valence-electron chi connectivity index (χ0n) is 16.0. The van der Waals surface area contributed by atoms with Crippen molar-refractivity contribution in [1.29, 1.82) is 0 Å². The van der Waals surface area contributed by atoms with Crippen LogP contribution in [0.1, 0.15) is 48.3 Å². The Morgan fingerprint density at radius 1 is 1.39 bits per heavy atom. The molecule has 1 atom stereocenters. The van der Waals surface area contributed by atoms with Crippen LogP contribution in [0.15, 0.2) is 24.5 Å². The molecular formula is C20H22FN3O3S. The minimum atomic E-state index is -0.998. The molecule has 0 spiro atoms. The van der Waals surface area contributed by atoms with E-state index in [1.54, 1.807) is 13.0 Å². The van der Waals surface area contributed by atoms with E-state index >= 15 is 0 Å². The molecule has 148 valence electrons. The van der Waals surface area contributed by atoms with E-state index in [-0.39, 0.29) is 11.0 Å². The Morgan fingerprint density at radius 3 is 2.89 bits per heavy atom. The number of unbranched alkanes of at least 4 members (excludes halogenated alkanes) is 1. The lowest BCUT2D eigenvalue weighted by atomic mass is 10.2. The molecule has 0 aliphatic heterocycles. The summed E-state index contributed by atoms with van der Waals surface area (Å²) in [4.78, 5) is 20.7. The summed E-state index contributed by atoms with van der Waals surface area (Å²) in [6, 6.07) is 4.27. The van der Waals surface area contributed by atoms with Gasteiger partial charge < -0.3 is 15.2 Å². The van der Waals surface area contributed by atoms with Gasteiger partial charge in [0.05, 0.1) is 17.2 Å². The van der Waals surface area contributed by atoms with Gasteiger partial charge in [0.1, 0.15) is 33.4 Å². The smallest absolute Gasteiger partial charge is 0.346 e. The molecule has 0 fully saturated rings. The Kier molecular flexibility index (Phi) is 6.08. The van der Waals surface area contributed by atoms with Crippen molar-refractivity contribution in [2.45, 2.75) is 46.1 Å². The second kappa shape index (κ2) is 8.52. The lowest BCUT2D eigenvalue weighted by Gasteiger charge is -2.18. The Morgan fingerprint density at radius 2 is 2.18 bits per heavy atom. The largest absolute Gasteiger partial charge is 0.488 e. The van der Waals surface area contributed by atoms with Gasteiger partial charge in [-0.15, -0.1) is 11.3 Å². The van der Waals surface area contributed by atoms with Gasteiger partial charge in [-0.2, -0.15) is 0 Å². The number of anilines is 2. The second-order valence-corrected chi connectivity index (χ2v) is 7.60. The number of benzene rings is 1. The van der Waals surface area contributed by atoms with Gasteiger partial charge in [-0.1, -0.05) is 19.8 Å². The Bertz CT molecular complexity index is 1010. The maximum absolute atomic E-state index is 13.8. The van der Waals surface area contributed by atoms with Crippen molar-refractivity contribution in [3.05, 3.63) is 40.8 Å². The van der Waals surface area contributed by atoms with E-state index in [9.17, 15) is 14.3 Å². The molecule has 1 aromatic carbocycles. The maximum Gasteiger partial charge on any atom is 0.346 e. The van der Waals surface area contributed by atoms with Crippen molar-refractivity contribution in [2.24, 2.45) is 0 Å². The van der Waals surface area contributed by atoms with Crippen LogP contribution in [-0.4, -0.2) is 27.1 Å². The summed E-state index contributed by atoms with van der Waals surface area (Å²) in [7, 11) is 0. The van der Waals surface area contributed by atoms with E-state index in [2.05, 4.69) is 22.2 Å². The van der Waals surface area contributed by atoms with Crippen LogP contribution in [0.5, 0.6) is 5.75 Å². The number of ether oxygens (including phenoxy) is 1. The first-order valence-corrected chi connectivity index (χ1v) is 9.93. The molecule has 0 radical (unpaired) electrons. The SMILES string of the molecule is CCCCC(C)Oc1cc(F)ccc1Nc1ncnc2sc(C(=O)O)c(C)c12. The normalized spacial score (nSPS) is 12.1. The summed E-state index contributed by atoms with van der Waals surface area (Å²) in [6.45, 7) is 5.79. The molecule has 2 heterocycles. The van der Waals surface area contributed by atoms with Crippen molar-refractivity contribution in [1.82, 2.24) is 9.97 Å². The van der Waals surface area contributed by atoms with Crippen LogP contribution in [0.2, 0.25) is 0 Å². The molecule has 2 N–H and O–H groups in total. The molecule has 28 heavy (non-hydrogen) atoms. The van der Waals surface area contributed by atoms with Crippen molar-refractivity contribution >= 4 is 39.0 Å². The highest BCUT2D eigenvalue weighted by atomic mass is 32.1. The number of aromatic carboxylic acids is 1. The van der Waals surface area contributed by atoms with Gasteiger partial charge in [-0.05, 0) is 38.0 Å². The zero-order chi connectivity index (χ0) is 20.3. The Hall–Kier alpha value is -2.74. The van der Waals surface area contributed by atoms with Crippen LogP contribution in [0.25, 0.3) is 10.2 Å². The van der Waals surface area contributed by atoms with E-state index in [1.807, 2.05) is 6.92 Å². The monoisotopic (exact) mass is 403 g/mol. The number of hydrogen-bond acceptors (Lipinski definition) is 6. The van der Waals surface area contributed by atoms with E-state index in [4.69, 9.17) is 4.74 Å². The number of hydrogen-bond donors (Lipinski definition) is 2. The van der Waals surface area contributed by atoms with Crippen LogP contribution >= 0.6 is 11.3 Å². The van der Waals surface area contributed by atoms with Crippen LogP contribution in [0.3, 0.4) is 0 Å². The predicted molar refractivity (Wildman–Crippen MR) is 108 cm³/mol. The first-order chi connectivity index (χ1) is 13.4. The number of aromatic nitrogens is 2. The van der Waals surface area contributed by atoms with Crippen molar-refractivity contribution in [3.63, 3.8) is 0 Å². The molecule has 3 rings (SSSR count). The molecule has 6 nitrogen and oxygen atoms in total. The molecule has 0 amide bonds. The van der Waals surface area contributed by atoms with Gasteiger partial charge in [0.25, 0.3) is 0 Å². The van der Waals surface area contributed by atoms with Crippen LogP contribution in [0, 0.1) is 12.7 Å². The Labute approximate surface area is 166 Å². The van der Waals surface area contributed by atoms with Gasteiger partial charge in [0.15, 0.2) is 0 Å². The van der Waals surface area contributed by atoms with Crippen LogP contribution in [-0.2, 0) is 0 Å². The first-order valence-electron chi connectivity index (χ1n) is 9.11. The number of nitrogens with one attached hydrogen (secondary N) is 1. The summed E-state index contributed by atoms with van der Waals surface area (Å²) in [5, 5.41) is 13.2. The third-order valence-corrected chi connectivity index (χ3v) is 5.60. The molecule has 0 saturated heterocycles. The van der Waals surface area contributed by atoms with Crippen LogP contribution < -0.4 is 10.1 Å². The minimum absolute atomic E-state index is 0.0609. The molecule has 0 aliphatic rings. The summed E-state index contributed by atoms with van der Waals surface area (Å²) in [6.07, 6.45) is 4.27. The van der Waals surface area contributed by atoms with Gasteiger partial charge in [-0.3, -0.25) is 0 Å². The maximum atomic E-state index is 13.8. The van der Waals surface area contributed by atoms with Crippen LogP contribution in [0.4, 0.5) is 15.9 Å². The number of fused-ring (bicyclic) bond motifs is 1. The third kappa shape index (κ3) is 4.22. The van der Waals surface area contributed by atoms with E-state index in [0.29, 0.717) is 33.0 Å². The van der Waals surface area contributed by atoms with Gasteiger partial charge in [-0.25, -0.2) is 19.2 Å². The summed E-state index contributed by atoms with van der Waals surface area (Å²) >= 11 is 1.10. The molecule has 8 heteroatoms. The van der Waals surface area contributed by atoms with Crippen molar-refractivity contribution in [2.75, 3.05) is 5.32 Å². The molecule has 0 saturated carbocycles. The standard InChI is InChI=1S/C20H22FN3O3S/c1-4-5-6-11(2)27-15-9-13(21)7-8-14(15)24-18-16-12(3)17(20(25)26)28-19(16)23-10-22-18/h7-11H,4-6H2,1-3H3,(H,25,26)(H,22,23,24). The number of aryl methyl sites for hydroxylation is 1. The van der Waals surface area contributed by atoms with Gasteiger partial charge in [0, 0.05) is 6.07 Å². The molecule has 2 aromatic heterocycles. The minimum Gasteiger partial charge on any atom is -0.488 e. The molecular weight excluding hydrogens is 381 g/mol. The number of rotatable bonds is 8. The molecule has 1 unspecified atom stereocenters. The average molecular weight is 403 g/mol. The number of nitrogens with zero attached hydrogens (tertiary/aromatic N) is 2. The highest BCUT2D eigenvalue weighted by molar-refractivity contribution is 7.20. The van der Waals surface area contributed by atoms with Gasteiger partial charge in [0.2, 0.25) is 0 Å². The molecule has 3 aromatic rings. The fourth-order valence-corrected chi connectivity index (χ4v) is 3.95. The fraction of sp³-hybridized carbons (Fsp3) is 0.350. The second-order valence-electron chi connectivity index (χ2n) is 6.60. The van der Waals surface area contributed by atoms with E-state index in [1.165, 1.54) is 18.5 Å². The van der Waals surface area contributed by atoms with Crippen molar-refractivity contribution in [3.8, 4) is 5.75 Å². The fourth-order valence-electron chi connectivity index (χ4n) is 2.96. The summed E-state index contributed by atoms with van der Waals surface area (Å²) in [5.41, 5.74) is 1.16. The number of carboxylic acid groups (broad SMARTS) is 1. The highest BCUT2D eigenvalue weighted by Gasteiger charge is 2.19. The first kappa shape index (κ1) is 20.0. The number of thiophene rings is 1. The molecule has 0 aliphatic carbocycles. The zero-order valence-corrected chi connectivity index (χ0v) is 16.8. The predicted octanol–water partition coefficient (Wildman–Crippen LogP) is 5.54. The average Bonchev–Trinajstić information content (AvgIpc) is 3.00. The Balaban J connectivity index is 1.97.